The fraction of sp³-hybridized carbons (Fsp3) is 0.462. The summed E-state index contributed by atoms with van der Waals surface area (Å²) in [5, 5.41) is 6.24. The zero-order valence-electron chi connectivity index (χ0n) is 9.57. The highest BCUT2D eigenvalue weighted by atomic mass is 16.2. The molecule has 1 unspecified atom stereocenters. The van der Waals surface area contributed by atoms with Crippen LogP contribution in [0.5, 0.6) is 0 Å². The van der Waals surface area contributed by atoms with Gasteiger partial charge in [-0.2, -0.15) is 0 Å². The van der Waals surface area contributed by atoms with Crippen LogP contribution < -0.4 is 10.6 Å². The summed E-state index contributed by atoms with van der Waals surface area (Å²) in [5.41, 5.74) is 1.15. The van der Waals surface area contributed by atoms with Crippen molar-refractivity contribution < 1.29 is 4.79 Å². The van der Waals surface area contributed by atoms with Gasteiger partial charge in [-0.3, -0.25) is 4.79 Å². The SMILES string of the molecule is CC(NC(=O)[C@H]1CCCN1)c1ccccc1. The Kier molecular flexibility index (Phi) is 3.57. The first-order valence-electron chi connectivity index (χ1n) is 5.86. The summed E-state index contributed by atoms with van der Waals surface area (Å²) in [5.74, 6) is 0.119. The van der Waals surface area contributed by atoms with E-state index in [1.54, 1.807) is 0 Å². The van der Waals surface area contributed by atoms with Crippen LogP contribution in [-0.4, -0.2) is 18.5 Å². The lowest BCUT2D eigenvalue weighted by Crippen LogP contribution is -2.41. The molecule has 86 valence electrons. The van der Waals surface area contributed by atoms with Gasteiger partial charge < -0.3 is 10.6 Å². The van der Waals surface area contributed by atoms with Gasteiger partial charge in [0.1, 0.15) is 0 Å². The Morgan fingerprint density at radius 2 is 2.19 bits per heavy atom. The van der Waals surface area contributed by atoms with E-state index in [4.69, 9.17) is 0 Å². The third-order valence-corrected chi connectivity index (χ3v) is 3.04. The van der Waals surface area contributed by atoms with Gasteiger partial charge in [0.05, 0.1) is 12.1 Å². The van der Waals surface area contributed by atoms with Gasteiger partial charge in [0, 0.05) is 0 Å². The molecule has 2 atom stereocenters. The zero-order valence-corrected chi connectivity index (χ0v) is 9.57. The minimum absolute atomic E-state index is 0.00571. The Bertz CT molecular complexity index is 344. The maximum absolute atomic E-state index is 11.9. The van der Waals surface area contributed by atoms with Gasteiger partial charge in [0.15, 0.2) is 0 Å². The van der Waals surface area contributed by atoms with Crippen molar-refractivity contribution in [2.45, 2.75) is 31.8 Å². The average molecular weight is 218 g/mol. The van der Waals surface area contributed by atoms with Crippen LogP contribution in [0.4, 0.5) is 0 Å². The molecular formula is C13H18N2O. The third kappa shape index (κ3) is 2.61. The fourth-order valence-electron chi connectivity index (χ4n) is 2.05. The standard InChI is InChI=1S/C13H18N2O/c1-10(11-6-3-2-4-7-11)15-13(16)12-8-5-9-14-12/h2-4,6-7,10,12,14H,5,8-9H2,1H3,(H,15,16)/t10?,12-/m1/s1. The van der Waals surface area contributed by atoms with E-state index < -0.39 is 0 Å². The molecule has 2 N–H and O–H groups in total. The van der Waals surface area contributed by atoms with Gasteiger partial charge in [-0.05, 0) is 31.9 Å². The number of benzene rings is 1. The van der Waals surface area contributed by atoms with Gasteiger partial charge in [0.2, 0.25) is 5.91 Å². The Balaban J connectivity index is 1.92. The van der Waals surface area contributed by atoms with Crippen LogP contribution in [0.25, 0.3) is 0 Å². The van der Waals surface area contributed by atoms with Gasteiger partial charge in [0.25, 0.3) is 0 Å². The number of amides is 1. The van der Waals surface area contributed by atoms with Crippen molar-refractivity contribution in [3.63, 3.8) is 0 Å². The molecule has 1 aliphatic heterocycles. The second-order valence-electron chi connectivity index (χ2n) is 4.29. The average Bonchev–Trinajstić information content (AvgIpc) is 2.83. The number of carbonyl (C=O) groups excluding carboxylic acids is 1. The van der Waals surface area contributed by atoms with Crippen molar-refractivity contribution in [3.8, 4) is 0 Å². The minimum Gasteiger partial charge on any atom is -0.348 e. The molecule has 0 aromatic heterocycles. The maximum atomic E-state index is 11.9. The molecule has 0 bridgehead atoms. The van der Waals surface area contributed by atoms with E-state index in [2.05, 4.69) is 10.6 Å². The lowest BCUT2D eigenvalue weighted by atomic mass is 10.1. The van der Waals surface area contributed by atoms with E-state index in [1.807, 2.05) is 37.3 Å². The summed E-state index contributed by atoms with van der Waals surface area (Å²) < 4.78 is 0. The van der Waals surface area contributed by atoms with Crippen molar-refractivity contribution in [3.05, 3.63) is 35.9 Å². The first-order valence-corrected chi connectivity index (χ1v) is 5.86. The molecule has 3 heteroatoms. The molecule has 1 saturated heterocycles. The molecule has 1 amide bonds. The van der Waals surface area contributed by atoms with Crippen LogP contribution >= 0.6 is 0 Å². The Morgan fingerprint density at radius 3 is 2.81 bits per heavy atom. The number of nitrogens with one attached hydrogen (secondary N) is 2. The molecule has 1 aromatic rings. The monoisotopic (exact) mass is 218 g/mol. The third-order valence-electron chi connectivity index (χ3n) is 3.04. The lowest BCUT2D eigenvalue weighted by Gasteiger charge is -2.17. The molecular weight excluding hydrogens is 200 g/mol. The normalized spacial score (nSPS) is 21.7. The van der Waals surface area contributed by atoms with Crippen LogP contribution in [0, 0.1) is 0 Å². The molecule has 1 aliphatic rings. The smallest absolute Gasteiger partial charge is 0.237 e. The molecule has 1 heterocycles. The predicted molar refractivity (Wildman–Crippen MR) is 64.0 cm³/mol. The van der Waals surface area contributed by atoms with Crippen LogP contribution in [0.3, 0.4) is 0 Å². The quantitative estimate of drug-likeness (QED) is 0.809. The zero-order chi connectivity index (χ0) is 11.4. The van der Waals surface area contributed by atoms with Crippen molar-refractivity contribution >= 4 is 5.91 Å². The fourth-order valence-corrected chi connectivity index (χ4v) is 2.05. The van der Waals surface area contributed by atoms with Crippen molar-refractivity contribution in [2.24, 2.45) is 0 Å². The molecule has 0 saturated carbocycles. The molecule has 1 aromatic carbocycles. The van der Waals surface area contributed by atoms with Gasteiger partial charge >= 0.3 is 0 Å². The van der Waals surface area contributed by atoms with E-state index in [-0.39, 0.29) is 18.0 Å². The first kappa shape index (κ1) is 11.1. The Morgan fingerprint density at radius 1 is 1.44 bits per heavy atom. The minimum atomic E-state index is 0.00571. The lowest BCUT2D eigenvalue weighted by molar-refractivity contribution is -0.123. The number of carbonyl (C=O) groups is 1. The second kappa shape index (κ2) is 5.12. The molecule has 16 heavy (non-hydrogen) atoms. The van der Waals surface area contributed by atoms with E-state index >= 15 is 0 Å². The van der Waals surface area contributed by atoms with E-state index in [0.29, 0.717) is 0 Å². The largest absolute Gasteiger partial charge is 0.348 e. The van der Waals surface area contributed by atoms with E-state index in [1.165, 1.54) is 0 Å². The summed E-state index contributed by atoms with van der Waals surface area (Å²) in [7, 11) is 0. The number of hydrogen-bond donors (Lipinski definition) is 2. The highest BCUT2D eigenvalue weighted by Crippen LogP contribution is 2.12. The van der Waals surface area contributed by atoms with Gasteiger partial charge in [-0.25, -0.2) is 0 Å². The summed E-state index contributed by atoms with van der Waals surface area (Å²) in [4.78, 5) is 11.9. The van der Waals surface area contributed by atoms with Gasteiger partial charge in [-0.1, -0.05) is 30.3 Å². The highest BCUT2D eigenvalue weighted by molar-refractivity contribution is 5.82. The summed E-state index contributed by atoms with van der Waals surface area (Å²) >= 11 is 0. The van der Waals surface area contributed by atoms with Crippen molar-refractivity contribution in [1.29, 1.82) is 0 Å². The predicted octanol–water partition coefficient (Wildman–Crippen LogP) is 1.62. The van der Waals surface area contributed by atoms with Crippen LogP contribution in [0.1, 0.15) is 31.4 Å². The molecule has 2 rings (SSSR count). The summed E-state index contributed by atoms with van der Waals surface area (Å²) in [6, 6.07) is 10.1. The van der Waals surface area contributed by atoms with Crippen molar-refractivity contribution in [1.82, 2.24) is 10.6 Å². The molecule has 0 radical (unpaired) electrons. The molecule has 3 nitrogen and oxygen atoms in total. The first-order chi connectivity index (χ1) is 7.77. The molecule has 0 spiro atoms. The van der Waals surface area contributed by atoms with E-state index in [9.17, 15) is 4.79 Å². The van der Waals surface area contributed by atoms with Crippen LogP contribution in [0.2, 0.25) is 0 Å². The topological polar surface area (TPSA) is 41.1 Å². The highest BCUT2D eigenvalue weighted by Gasteiger charge is 2.23. The Hall–Kier alpha value is -1.35. The number of rotatable bonds is 3. The van der Waals surface area contributed by atoms with Crippen LogP contribution in [0.15, 0.2) is 30.3 Å². The van der Waals surface area contributed by atoms with Crippen LogP contribution in [-0.2, 0) is 4.79 Å². The van der Waals surface area contributed by atoms with Gasteiger partial charge in [-0.15, -0.1) is 0 Å². The number of hydrogen-bond acceptors (Lipinski definition) is 2. The second-order valence-corrected chi connectivity index (χ2v) is 4.29. The van der Waals surface area contributed by atoms with E-state index in [0.717, 1.165) is 24.9 Å². The summed E-state index contributed by atoms with van der Waals surface area (Å²) in [6.45, 7) is 2.97. The molecule has 0 aliphatic carbocycles. The van der Waals surface area contributed by atoms with Crippen molar-refractivity contribution in [2.75, 3.05) is 6.54 Å². The molecule has 1 fully saturated rings. The maximum Gasteiger partial charge on any atom is 0.237 e. The summed E-state index contributed by atoms with van der Waals surface area (Å²) in [6.07, 6.45) is 2.05. The Labute approximate surface area is 96.2 Å².